The van der Waals surface area contributed by atoms with Gasteiger partial charge in [-0.25, -0.2) is 8.78 Å². The standard InChI is InChI=1S/C16H17ClF2N2/c1-2-5-21-16(12-8-13(18)10-20-9-12)7-11-3-4-14(17)15(19)6-11/h3-4,6,8-10,16,21H,2,5,7H2,1H3. The second-order valence-corrected chi connectivity index (χ2v) is 5.30. The van der Waals surface area contributed by atoms with E-state index in [1.807, 2.05) is 0 Å². The fraction of sp³-hybridized carbons (Fsp3) is 0.312. The Morgan fingerprint density at radius 3 is 2.71 bits per heavy atom. The summed E-state index contributed by atoms with van der Waals surface area (Å²) in [4.78, 5) is 3.88. The van der Waals surface area contributed by atoms with Crippen molar-refractivity contribution >= 4 is 11.6 Å². The van der Waals surface area contributed by atoms with Crippen LogP contribution in [0, 0.1) is 11.6 Å². The number of hydrogen-bond acceptors (Lipinski definition) is 2. The molecule has 1 unspecified atom stereocenters. The van der Waals surface area contributed by atoms with Gasteiger partial charge in [0.1, 0.15) is 11.6 Å². The molecule has 1 N–H and O–H groups in total. The van der Waals surface area contributed by atoms with Crippen LogP contribution in [0.1, 0.15) is 30.5 Å². The van der Waals surface area contributed by atoms with E-state index in [1.165, 1.54) is 24.4 Å². The largest absolute Gasteiger partial charge is 0.310 e. The van der Waals surface area contributed by atoms with Crippen molar-refractivity contribution in [3.05, 3.63) is 64.4 Å². The molecular weight excluding hydrogens is 294 g/mol. The van der Waals surface area contributed by atoms with Crippen LogP contribution in [0.4, 0.5) is 8.78 Å². The van der Waals surface area contributed by atoms with Gasteiger partial charge in [0.15, 0.2) is 0 Å². The Labute approximate surface area is 128 Å². The van der Waals surface area contributed by atoms with Crippen LogP contribution in [0.3, 0.4) is 0 Å². The van der Waals surface area contributed by atoms with Gasteiger partial charge in [0.25, 0.3) is 0 Å². The highest BCUT2D eigenvalue weighted by molar-refractivity contribution is 6.30. The highest BCUT2D eigenvalue weighted by atomic mass is 35.5. The van der Waals surface area contributed by atoms with E-state index in [1.54, 1.807) is 12.3 Å². The van der Waals surface area contributed by atoms with E-state index in [-0.39, 0.29) is 16.9 Å². The zero-order valence-corrected chi connectivity index (χ0v) is 12.5. The second kappa shape index (κ2) is 7.48. The Hall–Kier alpha value is -1.52. The molecule has 2 nitrogen and oxygen atoms in total. The predicted octanol–water partition coefficient (Wildman–Crippen LogP) is 4.30. The molecule has 1 aromatic heterocycles. The summed E-state index contributed by atoms with van der Waals surface area (Å²) in [5.74, 6) is -0.820. The Bertz CT molecular complexity index is 605. The molecule has 0 aliphatic rings. The molecule has 0 amide bonds. The Kier molecular flexibility index (Phi) is 5.65. The van der Waals surface area contributed by atoms with E-state index in [0.717, 1.165) is 24.1 Å². The highest BCUT2D eigenvalue weighted by Gasteiger charge is 2.14. The Balaban J connectivity index is 2.21. The zero-order chi connectivity index (χ0) is 15.2. The fourth-order valence-electron chi connectivity index (χ4n) is 2.15. The molecule has 0 spiro atoms. The van der Waals surface area contributed by atoms with E-state index in [0.29, 0.717) is 6.42 Å². The van der Waals surface area contributed by atoms with Gasteiger partial charge < -0.3 is 5.32 Å². The molecule has 0 fully saturated rings. The van der Waals surface area contributed by atoms with Crippen molar-refractivity contribution in [2.75, 3.05) is 6.54 Å². The van der Waals surface area contributed by atoms with Crippen LogP contribution < -0.4 is 5.32 Å². The van der Waals surface area contributed by atoms with E-state index < -0.39 is 5.82 Å². The average molecular weight is 311 g/mol. The number of nitrogens with zero attached hydrogens (tertiary/aromatic N) is 1. The lowest BCUT2D eigenvalue weighted by Gasteiger charge is -2.19. The monoisotopic (exact) mass is 310 g/mol. The molecule has 0 saturated carbocycles. The van der Waals surface area contributed by atoms with Gasteiger partial charge in [0.05, 0.1) is 11.2 Å². The maximum absolute atomic E-state index is 13.5. The van der Waals surface area contributed by atoms with Gasteiger partial charge in [-0.3, -0.25) is 4.98 Å². The number of hydrogen-bond donors (Lipinski definition) is 1. The van der Waals surface area contributed by atoms with E-state index in [4.69, 9.17) is 11.6 Å². The molecule has 21 heavy (non-hydrogen) atoms. The highest BCUT2D eigenvalue weighted by Crippen LogP contribution is 2.22. The summed E-state index contributed by atoms with van der Waals surface area (Å²) in [6.07, 6.45) is 4.29. The van der Waals surface area contributed by atoms with Crippen LogP contribution in [0.15, 0.2) is 36.7 Å². The molecule has 5 heteroatoms. The molecule has 112 valence electrons. The lowest BCUT2D eigenvalue weighted by Crippen LogP contribution is -2.24. The first kappa shape index (κ1) is 15.9. The quantitative estimate of drug-likeness (QED) is 0.860. The summed E-state index contributed by atoms with van der Waals surface area (Å²) in [5, 5.41) is 3.43. The summed E-state index contributed by atoms with van der Waals surface area (Å²) in [6.45, 7) is 2.84. The molecule has 1 atom stereocenters. The molecule has 0 radical (unpaired) electrons. The minimum Gasteiger partial charge on any atom is -0.310 e. The van der Waals surface area contributed by atoms with Gasteiger partial charge >= 0.3 is 0 Å². The summed E-state index contributed by atoms with van der Waals surface area (Å²) >= 11 is 5.69. The molecule has 0 aliphatic carbocycles. The van der Waals surface area contributed by atoms with Crippen molar-refractivity contribution in [2.24, 2.45) is 0 Å². The van der Waals surface area contributed by atoms with Crippen molar-refractivity contribution in [3.63, 3.8) is 0 Å². The van der Waals surface area contributed by atoms with Crippen LogP contribution in [-0.4, -0.2) is 11.5 Å². The maximum atomic E-state index is 13.5. The molecular formula is C16H17ClF2N2. The van der Waals surface area contributed by atoms with Gasteiger partial charge in [-0.2, -0.15) is 0 Å². The van der Waals surface area contributed by atoms with Gasteiger partial charge in [-0.15, -0.1) is 0 Å². The summed E-state index contributed by atoms with van der Waals surface area (Å²) in [6, 6.07) is 6.06. The van der Waals surface area contributed by atoms with E-state index in [2.05, 4.69) is 17.2 Å². The SMILES string of the molecule is CCCNC(Cc1ccc(Cl)c(F)c1)c1cncc(F)c1. The Morgan fingerprint density at radius 2 is 2.05 bits per heavy atom. The molecule has 0 aliphatic heterocycles. The van der Waals surface area contributed by atoms with Crippen molar-refractivity contribution in [2.45, 2.75) is 25.8 Å². The van der Waals surface area contributed by atoms with Gasteiger partial charge in [0, 0.05) is 12.2 Å². The van der Waals surface area contributed by atoms with Crippen molar-refractivity contribution in [3.8, 4) is 0 Å². The number of benzene rings is 1. The maximum Gasteiger partial charge on any atom is 0.142 e. The first-order chi connectivity index (χ1) is 10.1. The molecule has 1 heterocycles. The van der Waals surface area contributed by atoms with E-state index >= 15 is 0 Å². The molecule has 0 bridgehead atoms. The Morgan fingerprint density at radius 1 is 1.24 bits per heavy atom. The van der Waals surface area contributed by atoms with Gasteiger partial charge in [-0.1, -0.05) is 24.6 Å². The molecule has 2 rings (SSSR count). The molecule has 0 saturated heterocycles. The third-order valence-electron chi connectivity index (χ3n) is 3.19. The average Bonchev–Trinajstić information content (AvgIpc) is 2.47. The minimum atomic E-state index is -0.444. The smallest absolute Gasteiger partial charge is 0.142 e. The number of aromatic nitrogens is 1. The van der Waals surface area contributed by atoms with Crippen LogP contribution in [0.25, 0.3) is 0 Å². The number of halogens is 3. The summed E-state index contributed by atoms with van der Waals surface area (Å²) < 4.78 is 26.9. The summed E-state index contributed by atoms with van der Waals surface area (Å²) in [7, 11) is 0. The van der Waals surface area contributed by atoms with Crippen LogP contribution in [-0.2, 0) is 6.42 Å². The predicted molar refractivity (Wildman–Crippen MR) is 80.3 cm³/mol. The number of rotatable bonds is 6. The van der Waals surface area contributed by atoms with Crippen molar-refractivity contribution in [1.82, 2.24) is 10.3 Å². The lowest BCUT2D eigenvalue weighted by atomic mass is 10.00. The van der Waals surface area contributed by atoms with Gasteiger partial charge in [0.2, 0.25) is 0 Å². The van der Waals surface area contributed by atoms with Crippen LogP contribution in [0.2, 0.25) is 5.02 Å². The van der Waals surface area contributed by atoms with Gasteiger partial charge in [-0.05, 0) is 48.7 Å². The normalized spacial score (nSPS) is 12.4. The lowest BCUT2D eigenvalue weighted by molar-refractivity contribution is 0.520. The van der Waals surface area contributed by atoms with Crippen molar-refractivity contribution in [1.29, 1.82) is 0 Å². The van der Waals surface area contributed by atoms with Crippen LogP contribution >= 0.6 is 11.6 Å². The van der Waals surface area contributed by atoms with Crippen molar-refractivity contribution < 1.29 is 8.78 Å². The molecule has 1 aromatic carbocycles. The number of nitrogens with one attached hydrogen (secondary N) is 1. The first-order valence-electron chi connectivity index (χ1n) is 6.88. The zero-order valence-electron chi connectivity index (χ0n) is 11.7. The first-order valence-corrected chi connectivity index (χ1v) is 7.25. The number of pyridine rings is 1. The fourth-order valence-corrected chi connectivity index (χ4v) is 2.27. The van der Waals surface area contributed by atoms with Crippen LogP contribution in [0.5, 0.6) is 0 Å². The topological polar surface area (TPSA) is 24.9 Å². The molecule has 2 aromatic rings. The third-order valence-corrected chi connectivity index (χ3v) is 3.50. The minimum absolute atomic E-state index is 0.101. The summed E-state index contributed by atoms with van der Waals surface area (Å²) in [5.41, 5.74) is 1.55. The third kappa shape index (κ3) is 4.48. The van der Waals surface area contributed by atoms with E-state index in [9.17, 15) is 8.78 Å². The second-order valence-electron chi connectivity index (χ2n) is 4.90.